The van der Waals surface area contributed by atoms with Crippen molar-refractivity contribution in [2.45, 2.75) is 31.9 Å². The number of halogens is 7. The van der Waals surface area contributed by atoms with E-state index in [-0.39, 0.29) is 35.0 Å². The van der Waals surface area contributed by atoms with Crippen molar-refractivity contribution in [1.82, 2.24) is 14.5 Å². The lowest BCUT2D eigenvalue weighted by atomic mass is 10.0. The van der Waals surface area contributed by atoms with Crippen LogP contribution in [0.15, 0.2) is 102 Å². The number of aromatic nitrogens is 2. The quantitative estimate of drug-likeness (QED) is 0.183. The Morgan fingerprint density at radius 2 is 1.39 bits per heavy atom. The average Bonchev–Trinajstić information content (AvgIpc) is 2.99. The minimum absolute atomic E-state index is 0.0485. The van der Waals surface area contributed by atoms with Crippen LogP contribution in [0.2, 0.25) is 0 Å². The Morgan fingerprint density at radius 3 is 1.98 bits per heavy atom. The molecule has 0 bridgehead atoms. The van der Waals surface area contributed by atoms with Gasteiger partial charge in [-0.2, -0.15) is 26.3 Å². The fourth-order valence-corrected chi connectivity index (χ4v) is 4.82. The lowest BCUT2D eigenvalue weighted by Crippen LogP contribution is -2.37. The van der Waals surface area contributed by atoms with E-state index >= 15 is 0 Å². The van der Waals surface area contributed by atoms with Crippen molar-refractivity contribution in [2.24, 2.45) is 0 Å². The van der Waals surface area contributed by atoms with Gasteiger partial charge in [-0.05, 0) is 67.1 Å². The van der Waals surface area contributed by atoms with Crippen LogP contribution in [0, 0.1) is 5.82 Å². The number of carbonyl (C=O) groups excluding carboxylic acids is 1. The predicted octanol–water partition coefficient (Wildman–Crippen LogP) is 7.97. The monoisotopic (exact) mass is 613 g/mol. The Kier molecular flexibility index (Phi) is 8.02. The maximum absolute atomic E-state index is 14.0. The molecule has 226 valence electrons. The average molecular weight is 614 g/mol. The van der Waals surface area contributed by atoms with E-state index in [1.54, 1.807) is 48.5 Å². The number of nitrogens with zero attached hydrogens (tertiary/aromatic N) is 3. The fourth-order valence-electron chi connectivity index (χ4n) is 4.82. The first-order valence-corrected chi connectivity index (χ1v) is 13.2. The van der Waals surface area contributed by atoms with Crippen molar-refractivity contribution < 1.29 is 35.5 Å². The first kappa shape index (κ1) is 30.5. The summed E-state index contributed by atoms with van der Waals surface area (Å²) in [4.78, 5) is 33.4. The molecule has 0 saturated carbocycles. The number of benzene rings is 4. The van der Waals surface area contributed by atoms with Crippen molar-refractivity contribution >= 4 is 16.8 Å². The van der Waals surface area contributed by atoms with Gasteiger partial charge in [0.2, 0.25) is 0 Å². The summed E-state index contributed by atoms with van der Waals surface area (Å²) in [5, 5.41) is 0.196. The fraction of sp³-hybridized carbons (Fsp3) is 0.156. The Bertz CT molecular complexity index is 1850. The van der Waals surface area contributed by atoms with Crippen LogP contribution in [0.25, 0.3) is 16.6 Å². The van der Waals surface area contributed by atoms with Crippen LogP contribution >= 0.6 is 0 Å². The normalized spacial score (nSPS) is 12.7. The van der Waals surface area contributed by atoms with Gasteiger partial charge in [-0.3, -0.25) is 14.2 Å². The number of fused-ring (bicyclic) bond motifs is 1. The molecule has 0 aliphatic heterocycles. The molecule has 0 radical (unpaired) electrons. The van der Waals surface area contributed by atoms with E-state index in [0.717, 1.165) is 21.6 Å². The van der Waals surface area contributed by atoms with Crippen LogP contribution in [-0.4, -0.2) is 20.4 Å². The van der Waals surface area contributed by atoms with Crippen molar-refractivity contribution in [2.75, 3.05) is 0 Å². The summed E-state index contributed by atoms with van der Waals surface area (Å²) in [5.74, 6) is -1.80. The van der Waals surface area contributed by atoms with Crippen LogP contribution in [0.5, 0.6) is 0 Å². The molecule has 4 aromatic carbocycles. The van der Waals surface area contributed by atoms with E-state index in [1.807, 2.05) is 0 Å². The summed E-state index contributed by atoms with van der Waals surface area (Å²) in [6, 6.07) is 18.9. The number of rotatable bonds is 6. The molecule has 1 unspecified atom stereocenters. The Balaban J connectivity index is 1.73. The maximum atomic E-state index is 14.0. The molecule has 5 rings (SSSR count). The second kappa shape index (κ2) is 11.6. The largest absolute Gasteiger partial charge is 0.416 e. The van der Waals surface area contributed by atoms with Crippen LogP contribution in [0.3, 0.4) is 0 Å². The third-order valence-electron chi connectivity index (χ3n) is 7.02. The molecule has 44 heavy (non-hydrogen) atoms. The number of para-hydroxylation sites is 1. The van der Waals surface area contributed by atoms with Gasteiger partial charge in [0.1, 0.15) is 11.6 Å². The molecular formula is C32H22F7N3O2. The highest BCUT2D eigenvalue weighted by Crippen LogP contribution is 2.37. The van der Waals surface area contributed by atoms with E-state index < -0.39 is 52.4 Å². The molecular weight excluding hydrogens is 591 g/mol. The third-order valence-corrected chi connectivity index (χ3v) is 7.02. The molecule has 0 saturated heterocycles. The Labute approximate surface area is 245 Å². The van der Waals surface area contributed by atoms with Gasteiger partial charge in [-0.15, -0.1) is 0 Å². The van der Waals surface area contributed by atoms with Gasteiger partial charge in [-0.1, -0.05) is 42.5 Å². The molecule has 0 aliphatic rings. The van der Waals surface area contributed by atoms with Crippen molar-refractivity contribution in [3.8, 4) is 5.69 Å². The number of hydrogen-bond donors (Lipinski definition) is 0. The van der Waals surface area contributed by atoms with Gasteiger partial charge in [0.15, 0.2) is 0 Å². The number of alkyl halides is 6. The van der Waals surface area contributed by atoms with Gasteiger partial charge in [-0.25, -0.2) is 9.37 Å². The SMILES string of the molecule is CC(c1nc2ccccc2c(=O)n1-c1ccc(F)cc1)N(Cc1ccccc1)C(=O)c1cc(C(F)(F)F)cc(C(F)(F)F)c1. The second-order valence-corrected chi connectivity index (χ2v) is 9.99. The third kappa shape index (κ3) is 6.19. The maximum Gasteiger partial charge on any atom is 0.416 e. The molecule has 0 spiro atoms. The number of carbonyl (C=O) groups is 1. The molecule has 0 aliphatic carbocycles. The lowest BCUT2D eigenvalue weighted by molar-refractivity contribution is -0.143. The van der Waals surface area contributed by atoms with Crippen LogP contribution < -0.4 is 5.56 Å². The molecule has 0 fully saturated rings. The Hall–Kier alpha value is -5.00. The summed E-state index contributed by atoms with van der Waals surface area (Å²) in [6.07, 6.45) is -10.3. The highest BCUT2D eigenvalue weighted by Gasteiger charge is 2.38. The summed E-state index contributed by atoms with van der Waals surface area (Å²) in [6.45, 7) is 1.19. The van der Waals surface area contributed by atoms with Gasteiger partial charge < -0.3 is 4.90 Å². The minimum Gasteiger partial charge on any atom is -0.324 e. The highest BCUT2D eigenvalue weighted by atomic mass is 19.4. The van der Waals surface area contributed by atoms with E-state index in [1.165, 1.54) is 25.1 Å². The molecule has 1 heterocycles. The predicted molar refractivity (Wildman–Crippen MR) is 148 cm³/mol. The van der Waals surface area contributed by atoms with Crippen LogP contribution in [-0.2, 0) is 18.9 Å². The molecule has 5 nitrogen and oxygen atoms in total. The molecule has 1 aromatic heterocycles. The summed E-state index contributed by atoms with van der Waals surface area (Å²) >= 11 is 0. The molecule has 1 atom stereocenters. The van der Waals surface area contributed by atoms with E-state index in [0.29, 0.717) is 17.7 Å². The Morgan fingerprint density at radius 1 is 0.818 bits per heavy atom. The van der Waals surface area contributed by atoms with Gasteiger partial charge in [0, 0.05) is 12.1 Å². The summed E-state index contributed by atoms with van der Waals surface area (Å²) in [5.41, 5.74) is -3.79. The van der Waals surface area contributed by atoms with E-state index in [4.69, 9.17) is 0 Å². The lowest BCUT2D eigenvalue weighted by Gasteiger charge is -2.31. The standard InChI is InChI=1S/C32H22F7N3O2/c1-19(28-40-27-10-6-5-9-26(27)30(44)42(28)25-13-11-24(33)12-14-25)41(18-20-7-3-2-4-8-20)29(43)21-15-22(31(34,35)36)17-23(16-21)32(37,38)39/h2-17,19H,18H2,1H3. The van der Waals surface area contributed by atoms with Crippen molar-refractivity contribution in [3.63, 3.8) is 0 Å². The topological polar surface area (TPSA) is 55.2 Å². The summed E-state index contributed by atoms with van der Waals surface area (Å²) < 4.78 is 96.9. The van der Waals surface area contributed by atoms with Crippen LogP contribution in [0.1, 0.15) is 45.8 Å². The zero-order valence-electron chi connectivity index (χ0n) is 22.8. The first-order valence-electron chi connectivity index (χ1n) is 13.2. The van der Waals surface area contributed by atoms with Crippen LogP contribution in [0.4, 0.5) is 30.7 Å². The highest BCUT2D eigenvalue weighted by molar-refractivity contribution is 5.95. The second-order valence-electron chi connectivity index (χ2n) is 9.99. The molecule has 5 aromatic rings. The van der Waals surface area contributed by atoms with E-state index in [2.05, 4.69) is 4.98 Å². The van der Waals surface area contributed by atoms with Gasteiger partial charge >= 0.3 is 12.4 Å². The van der Waals surface area contributed by atoms with Gasteiger partial charge in [0.05, 0.1) is 33.8 Å². The zero-order valence-corrected chi connectivity index (χ0v) is 22.8. The molecule has 12 heteroatoms. The number of hydrogen-bond acceptors (Lipinski definition) is 3. The zero-order chi connectivity index (χ0) is 31.8. The minimum atomic E-state index is -5.17. The first-order chi connectivity index (χ1) is 20.7. The smallest absolute Gasteiger partial charge is 0.324 e. The number of amides is 1. The van der Waals surface area contributed by atoms with E-state index in [9.17, 15) is 40.3 Å². The summed E-state index contributed by atoms with van der Waals surface area (Å²) in [7, 11) is 0. The van der Waals surface area contributed by atoms with Crippen molar-refractivity contribution in [3.05, 3.63) is 141 Å². The van der Waals surface area contributed by atoms with Crippen molar-refractivity contribution in [1.29, 1.82) is 0 Å². The molecule has 1 amide bonds. The molecule has 0 N–H and O–H groups in total. The van der Waals surface area contributed by atoms with Gasteiger partial charge in [0.25, 0.3) is 11.5 Å².